The van der Waals surface area contributed by atoms with E-state index < -0.39 is 0 Å². The summed E-state index contributed by atoms with van der Waals surface area (Å²) in [5.74, 6) is 2.31. The molecule has 0 spiro atoms. The second kappa shape index (κ2) is 1.80. The number of hydrogen-bond donors (Lipinski definition) is 1. The maximum absolute atomic E-state index is 5.06. The largest absolute Gasteiger partial charge is 0.318 e. The third-order valence-electron chi connectivity index (χ3n) is 0.263. The molecule has 1 heteroatoms. The van der Waals surface area contributed by atoms with Crippen molar-refractivity contribution in [3.63, 3.8) is 0 Å². The van der Waals surface area contributed by atoms with Crippen LogP contribution in [0.3, 0.4) is 0 Å². The van der Waals surface area contributed by atoms with Crippen LogP contribution in [0.4, 0.5) is 0 Å². The van der Waals surface area contributed by atoms with Crippen molar-refractivity contribution in [3.05, 3.63) is 0 Å². The lowest BCUT2D eigenvalue weighted by Crippen LogP contribution is -2.10. The fourth-order valence-electron chi connectivity index (χ4n) is 0. The Labute approximate surface area is 32.2 Å². The van der Waals surface area contributed by atoms with E-state index in [0.717, 1.165) is 0 Å². The lowest BCUT2D eigenvalue weighted by Gasteiger charge is -1.82. The molecular formula is C4H7N. The van der Waals surface area contributed by atoms with Gasteiger partial charge in [-0.1, -0.05) is 5.92 Å². The normalized spacial score (nSPS) is 13.0. The van der Waals surface area contributed by atoms with Crippen LogP contribution in [0.15, 0.2) is 0 Å². The molecule has 0 aliphatic heterocycles. The fourth-order valence-corrected chi connectivity index (χ4v) is 0. The minimum absolute atomic E-state index is 0.0880. The van der Waals surface area contributed by atoms with E-state index in [1.165, 1.54) is 0 Å². The molecule has 0 heterocycles. The second-order valence-electron chi connectivity index (χ2n) is 0.955. The Morgan fingerprint density at radius 3 is 2.20 bits per heavy atom. The molecule has 0 aliphatic rings. The van der Waals surface area contributed by atoms with Crippen LogP contribution in [0.5, 0.6) is 0 Å². The smallest absolute Gasteiger partial charge is 0.0633 e. The van der Waals surface area contributed by atoms with Crippen molar-refractivity contribution >= 4 is 0 Å². The van der Waals surface area contributed by atoms with Gasteiger partial charge >= 0.3 is 0 Å². The molecule has 0 aromatic carbocycles. The molecule has 1 nitrogen and oxygen atoms in total. The van der Waals surface area contributed by atoms with Crippen LogP contribution in [0.2, 0.25) is 0 Å². The highest BCUT2D eigenvalue weighted by Crippen LogP contribution is 1.59. The summed E-state index contributed by atoms with van der Waals surface area (Å²) in [7, 11) is 0. The first-order chi connectivity index (χ1) is 2.27. The van der Waals surface area contributed by atoms with Gasteiger partial charge in [0.15, 0.2) is 0 Å². The molecule has 0 bridgehead atoms. The zero-order valence-electron chi connectivity index (χ0n) is 3.23. The van der Waals surface area contributed by atoms with Crippen LogP contribution < -0.4 is 5.73 Å². The van der Waals surface area contributed by atoms with Gasteiger partial charge in [-0.15, -0.1) is 6.42 Å². The van der Waals surface area contributed by atoms with Gasteiger partial charge in [0, 0.05) is 0 Å². The van der Waals surface area contributed by atoms with Crippen molar-refractivity contribution < 1.29 is 0 Å². The Hall–Kier alpha value is -0.480. The Kier molecular flexibility index (Phi) is 1.63. The molecule has 1 atom stereocenters. The average Bonchev–Trinajstić information content (AvgIpc) is 1.38. The summed E-state index contributed by atoms with van der Waals surface area (Å²) in [6.07, 6.45) is 4.80. The SMILES string of the molecule is C#C[C@@H](C)N. The van der Waals surface area contributed by atoms with Gasteiger partial charge in [0.1, 0.15) is 0 Å². The highest BCUT2D eigenvalue weighted by atomic mass is 14.6. The lowest BCUT2D eigenvalue weighted by molar-refractivity contribution is 0.961. The van der Waals surface area contributed by atoms with E-state index >= 15 is 0 Å². The van der Waals surface area contributed by atoms with Crippen molar-refractivity contribution in [2.75, 3.05) is 0 Å². The average molecular weight is 69.1 g/mol. The minimum atomic E-state index is -0.0880. The minimum Gasteiger partial charge on any atom is -0.318 e. The van der Waals surface area contributed by atoms with Crippen molar-refractivity contribution in [3.8, 4) is 12.3 Å². The summed E-state index contributed by atoms with van der Waals surface area (Å²) in [4.78, 5) is 0. The van der Waals surface area contributed by atoms with Crippen molar-refractivity contribution in [2.45, 2.75) is 13.0 Å². The number of hydrogen-bond acceptors (Lipinski definition) is 1. The summed E-state index contributed by atoms with van der Waals surface area (Å²) in [6, 6.07) is -0.0880. The van der Waals surface area contributed by atoms with Gasteiger partial charge in [0.05, 0.1) is 6.04 Å². The van der Waals surface area contributed by atoms with Crippen LogP contribution in [0, 0.1) is 12.3 Å². The molecule has 0 fully saturated rings. The third kappa shape index (κ3) is 3.52. The third-order valence-corrected chi connectivity index (χ3v) is 0.263. The highest BCUT2D eigenvalue weighted by molar-refractivity contribution is 4.92. The first-order valence-corrected chi connectivity index (χ1v) is 1.49. The molecule has 0 unspecified atom stereocenters. The summed E-state index contributed by atoms with van der Waals surface area (Å²) in [5.41, 5.74) is 5.06. The molecule has 0 saturated heterocycles. The predicted octanol–water partition coefficient (Wildman–Crippen LogP) is -0.0332. The van der Waals surface area contributed by atoms with E-state index in [2.05, 4.69) is 5.92 Å². The number of nitrogens with two attached hydrogens (primary N) is 1. The summed E-state index contributed by atoms with van der Waals surface area (Å²) < 4.78 is 0. The maximum atomic E-state index is 5.06. The first kappa shape index (κ1) is 4.52. The van der Waals surface area contributed by atoms with Gasteiger partial charge in [-0.2, -0.15) is 0 Å². The first-order valence-electron chi connectivity index (χ1n) is 1.49. The molecule has 0 saturated carbocycles. The zero-order valence-corrected chi connectivity index (χ0v) is 3.23. The lowest BCUT2D eigenvalue weighted by atomic mass is 10.4. The van der Waals surface area contributed by atoms with Crippen LogP contribution in [0.1, 0.15) is 6.92 Å². The van der Waals surface area contributed by atoms with E-state index in [1.807, 2.05) is 0 Å². The van der Waals surface area contributed by atoms with Crippen molar-refractivity contribution in [1.29, 1.82) is 0 Å². The maximum Gasteiger partial charge on any atom is 0.0633 e. The van der Waals surface area contributed by atoms with Gasteiger partial charge in [-0.25, -0.2) is 0 Å². The van der Waals surface area contributed by atoms with Crippen LogP contribution in [-0.4, -0.2) is 6.04 Å². The van der Waals surface area contributed by atoms with Crippen molar-refractivity contribution in [1.82, 2.24) is 0 Å². The molecule has 0 rings (SSSR count). The molecule has 28 valence electrons. The van der Waals surface area contributed by atoms with Gasteiger partial charge in [0.25, 0.3) is 0 Å². The van der Waals surface area contributed by atoms with Crippen LogP contribution in [0.25, 0.3) is 0 Å². The Morgan fingerprint density at radius 2 is 2.20 bits per heavy atom. The van der Waals surface area contributed by atoms with E-state index in [0.29, 0.717) is 0 Å². The van der Waals surface area contributed by atoms with E-state index in [1.54, 1.807) is 6.92 Å². The van der Waals surface area contributed by atoms with Gasteiger partial charge in [-0.3, -0.25) is 0 Å². The molecular weight excluding hydrogens is 62.1 g/mol. The molecule has 2 N–H and O–H groups in total. The van der Waals surface area contributed by atoms with Gasteiger partial charge in [-0.05, 0) is 6.92 Å². The molecule has 0 amide bonds. The van der Waals surface area contributed by atoms with Gasteiger partial charge < -0.3 is 5.73 Å². The van der Waals surface area contributed by atoms with Crippen LogP contribution >= 0.6 is 0 Å². The molecule has 5 heavy (non-hydrogen) atoms. The molecule has 0 aromatic heterocycles. The topological polar surface area (TPSA) is 26.0 Å². The summed E-state index contributed by atoms with van der Waals surface area (Å²) in [5, 5.41) is 0. The van der Waals surface area contributed by atoms with Crippen LogP contribution in [-0.2, 0) is 0 Å². The Bertz CT molecular complexity index is 49.2. The number of rotatable bonds is 0. The van der Waals surface area contributed by atoms with E-state index in [4.69, 9.17) is 12.2 Å². The van der Waals surface area contributed by atoms with E-state index in [9.17, 15) is 0 Å². The predicted molar refractivity (Wildman–Crippen MR) is 22.5 cm³/mol. The monoisotopic (exact) mass is 69.1 g/mol. The highest BCUT2D eigenvalue weighted by Gasteiger charge is 1.73. The Morgan fingerprint density at radius 1 is 2.00 bits per heavy atom. The summed E-state index contributed by atoms with van der Waals surface area (Å²) in [6.45, 7) is 1.76. The standard InChI is InChI=1S/C4H7N/c1-3-4(2)5/h1,4H,5H2,2H3/t4-/m1/s1. The second-order valence-corrected chi connectivity index (χ2v) is 0.955. The molecule has 0 aromatic rings. The zero-order chi connectivity index (χ0) is 4.28. The fraction of sp³-hybridized carbons (Fsp3) is 0.500. The molecule has 0 radical (unpaired) electrons. The van der Waals surface area contributed by atoms with Crippen molar-refractivity contribution in [2.24, 2.45) is 5.73 Å². The van der Waals surface area contributed by atoms with Gasteiger partial charge in [0.2, 0.25) is 0 Å². The summed E-state index contributed by atoms with van der Waals surface area (Å²) >= 11 is 0. The molecule has 0 aliphatic carbocycles. The van der Waals surface area contributed by atoms with E-state index in [-0.39, 0.29) is 6.04 Å². The quantitative estimate of drug-likeness (QED) is 0.397. The number of terminal acetylenes is 1. The Balaban J connectivity index is 2.94.